The SMILES string of the molecule is CC/C=C\C/C=C\C/C=C\C/C=C\CCC(=O)OCC(COC(=O)CCCCCCCCCCCCCCCCCCCCCCCCCCCCCC)OC(=O)CCCCCCCCC/C=C\C/C=C\C/C=C\CC. The molecule has 0 spiro atoms. The molecule has 0 aliphatic heterocycles. The van der Waals surface area contributed by atoms with Crippen molar-refractivity contribution in [1.82, 2.24) is 0 Å². The van der Waals surface area contributed by atoms with Crippen LogP contribution >= 0.6 is 0 Å². The van der Waals surface area contributed by atoms with E-state index in [1.165, 1.54) is 186 Å². The van der Waals surface area contributed by atoms with Crippen LogP contribution in [0.25, 0.3) is 0 Å². The number of carbonyl (C=O) groups excluding carboxylic acids is 3. The van der Waals surface area contributed by atoms with Crippen LogP contribution in [0.2, 0.25) is 0 Å². The van der Waals surface area contributed by atoms with Crippen LogP contribution in [-0.2, 0) is 28.6 Å². The second-order valence-corrected chi connectivity index (χ2v) is 21.6. The van der Waals surface area contributed by atoms with Crippen LogP contribution in [0, 0.1) is 0 Å². The molecule has 0 aliphatic carbocycles. The fourth-order valence-electron chi connectivity index (χ4n) is 9.36. The number of hydrogen-bond acceptors (Lipinski definition) is 6. The third-order valence-corrected chi connectivity index (χ3v) is 14.2. The molecule has 6 heteroatoms. The van der Waals surface area contributed by atoms with Crippen LogP contribution in [0.5, 0.6) is 0 Å². The van der Waals surface area contributed by atoms with E-state index in [9.17, 15) is 14.4 Å². The summed E-state index contributed by atoms with van der Waals surface area (Å²) in [6.07, 6.45) is 84.9. The highest BCUT2D eigenvalue weighted by atomic mass is 16.6. The Morgan fingerprint density at radius 3 is 0.882 bits per heavy atom. The molecule has 438 valence electrons. The van der Waals surface area contributed by atoms with Crippen LogP contribution in [-0.4, -0.2) is 37.2 Å². The van der Waals surface area contributed by atoms with Gasteiger partial charge in [0.15, 0.2) is 6.10 Å². The highest BCUT2D eigenvalue weighted by Gasteiger charge is 2.19. The van der Waals surface area contributed by atoms with Crippen molar-refractivity contribution in [3.8, 4) is 0 Å². The predicted octanol–water partition coefficient (Wildman–Crippen LogP) is 22.3. The number of hydrogen-bond donors (Lipinski definition) is 0. The minimum absolute atomic E-state index is 0.100. The van der Waals surface area contributed by atoms with Gasteiger partial charge in [0.25, 0.3) is 0 Å². The minimum atomic E-state index is -0.811. The van der Waals surface area contributed by atoms with Gasteiger partial charge >= 0.3 is 17.9 Å². The fourth-order valence-corrected chi connectivity index (χ4v) is 9.36. The molecule has 0 saturated carbocycles. The van der Waals surface area contributed by atoms with Crippen molar-refractivity contribution in [2.75, 3.05) is 13.2 Å². The van der Waals surface area contributed by atoms with Crippen molar-refractivity contribution in [3.05, 3.63) is 85.1 Å². The maximum Gasteiger partial charge on any atom is 0.306 e. The molecule has 0 aromatic carbocycles. The first kappa shape index (κ1) is 72.6. The summed E-state index contributed by atoms with van der Waals surface area (Å²) in [5, 5.41) is 0. The molecule has 0 bridgehead atoms. The maximum atomic E-state index is 12.9. The topological polar surface area (TPSA) is 78.9 Å². The van der Waals surface area contributed by atoms with Gasteiger partial charge in [-0.2, -0.15) is 0 Å². The van der Waals surface area contributed by atoms with E-state index < -0.39 is 6.10 Å². The van der Waals surface area contributed by atoms with E-state index in [0.29, 0.717) is 19.3 Å². The molecule has 0 rings (SSSR count). The van der Waals surface area contributed by atoms with Gasteiger partial charge in [0.1, 0.15) is 13.2 Å². The molecule has 0 fully saturated rings. The molecule has 1 unspecified atom stereocenters. The average molecular weight is 1060 g/mol. The molecular weight excluding hydrogens is 937 g/mol. The van der Waals surface area contributed by atoms with Crippen molar-refractivity contribution in [2.24, 2.45) is 0 Å². The van der Waals surface area contributed by atoms with Gasteiger partial charge in [0.2, 0.25) is 0 Å². The summed E-state index contributed by atoms with van der Waals surface area (Å²) in [4.78, 5) is 38.2. The highest BCUT2D eigenvalue weighted by molar-refractivity contribution is 5.71. The smallest absolute Gasteiger partial charge is 0.306 e. The van der Waals surface area contributed by atoms with E-state index in [1.807, 2.05) is 6.08 Å². The maximum absolute atomic E-state index is 12.9. The van der Waals surface area contributed by atoms with Gasteiger partial charge < -0.3 is 14.2 Å². The Hall–Kier alpha value is -3.41. The van der Waals surface area contributed by atoms with Gasteiger partial charge in [-0.25, -0.2) is 0 Å². The Kier molecular flexibility index (Phi) is 61.2. The quantitative estimate of drug-likeness (QED) is 0.0261. The lowest BCUT2D eigenvalue weighted by atomic mass is 10.0. The number of ether oxygens (including phenoxy) is 3. The zero-order chi connectivity index (χ0) is 55.0. The summed E-state index contributed by atoms with van der Waals surface area (Å²) in [6, 6.07) is 0. The van der Waals surface area contributed by atoms with Crippen LogP contribution in [0.15, 0.2) is 85.1 Å². The number of unbranched alkanes of at least 4 members (excludes halogenated alkanes) is 34. The largest absolute Gasteiger partial charge is 0.462 e. The van der Waals surface area contributed by atoms with E-state index in [1.54, 1.807) is 0 Å². The molecule has 0 aromatic rings. The van der Waals surface area contributed by atoms with Crippen LogP contribution in [0.1, 0.15) is 323 Å². The third-order valence-electron chi connectivity index (χ3n) is 14.2. The van der Waals surface area contributed by atoms with E-state index in [2.05, 4.69) is 99.8 Å². The minimum Gasteiger partial charge on any atom is -0.462 e. The standard InChI is InChI=1S/C70H122O6/c1-4-7-10-13-16-19-22-25-27-29-30-31-32-33-34-35-36-37-38-39-41-42-45-48-51-54-57-60-63-69(72)75-66-67(65-74-68(71)62-59-56-53-50-47-44-24-21-18-15-12-9-6-3)76-70(73)64-61-58-55-52-49-46-43-40-28-26-23-20-17-14-11-8-5-2/h8-9,11-12,17-18,20-21,26,28,44,47,53,56,67H,4-7,10,13-16,19,22-25,27,29-43,45-46,48-52,54-55,57-66H2,1-3H3/b11-8-,12-9-,20-17-,21-18-,28-26-,47-44-,56-53-. The summed E-state index contributed by atoms with van der Waals surface area (Å²) in [6.45, 7) is 6.38. The van der Waals surface area contributed by atoms with Gasteiger partial charge in [-0.1, -0.05) is 311 Å². The zero-order valence-electron chi connectivity index (χ0n) is 50.3. The fraction of sp³-hybridized carbons (Fsp3) is 0.757. The summed E-state index contributed by atoms with van der Waals surface area (Å²) < 4.78 is 16.8. The van der Waals surface area contributed by atoms with E-state index in [0.717, 1.165) is 89.9 Å². The van der Waals surface area contributed by atoms with Crippen LogP contribution in [0.4, 0.5) is 0 Å². The van der Waals surface area contributed by atoms with E-state index >= 15 is 0 Å². The first-order valence-corrected chi connectivity index (χ1v) is 32.6. The monoisotopic (exact) mass is 1060 g/mol. The number of rotatable bonds is 59. The van der Waals surface area contributed by atoms with E-state index in [4.69, 9.17) is 14.2 Å². The Morgan fingerprint density at radius 2 is 0.539 bits per heavy atom. The first-order chi connectivity index (χ1) is 37.5. The van der Waals surface area contributed by atoms with Crippen molar-refractivity contribution < 1.29 is 28.6 Å². The van der Waals surface area contributed by atoms with Crippen molar-refractivity contribution in [1.29, 1.82) is 0 Å². The van der Waals surface area contributed by atoms with Crippen molar-refractivity contribution >= 4 is 17.9 Å². The number of carbonyl (C=O) groups is 3. The van der Waals surface area contributed by atoms with Crippen LogP contribution < -0.4 is 0 Å². The highest BCUT2D eigenvalue weighted by Crippen LogP contribution is 2.18. The second-order valence-electron chi connectivity index (χ2n) is 21.6. The summed E-state index contributed by atoms with van der Waals surface area (Å²) in [5.74, 6) is -0.984. The Labute approximate surface area is 471 Å². The number of allylic oxidation sites excluding steroid dienone is 14. The Balaban J connectivity index is 4.25. The lowest BCUT2D eigenvalue weighted by molar-refractivity contribution is -0.166. The van der Waals surface area contributed by atoms with Crippen molar-refractivity contribution in [2.45, 2.75) is 329 Å². The molecule has 0 radical (unpaired) electrons. The average Bonchev–Trinajstić information content (AvgIpc) is 3.42. The molecule has 1 atom stereocenters. The summed E-state index contributed by atoms with van der Waals surface area (Å²) >= 11 is 0. The van der Waals surface area contributed by atoms with Gasteiger partial charge in [-0.3, -0.25) is 14.4 Å². The summed E-state index contributed by atoms with van der Waals surface area (Å²) in [7, 11) is 0. The van der Waals surface area contributed by atoms with Gasteiger partial charge in [-0.05, 0) is 77.0 Å². The molecule has 0 saturated heterocycles. The zero-order valence-corrected chi connectivity index (χ0v) is 50.3. The molecular formula is C70H122O6. The third kappa shape index (κ3) is 61.4. The summed E-state index contributed by atoms with van der Waals surface area (Å²) in [5.41, 5.74) is 0. The first-order valence-electron chi connectivity index (χ1n) is 32.6. The van der Waals surface area contributed by atoms with Gasteiger partial charge in [0, 0.05) is 19.3 Å². The van der Waals surface area contributed by atoms with Gasteiger partial charge in [0.05, 0.1) is 0 Å². The molecule has 0 aliphatic rings. The lowest BCUT2D eigenvalue weighted by Crippen LogP contribution is -2.30. The van der Waals surface area contributed by atoms with E-state index in [-0.39, 0.29) is 37.5 Å². The Morgan fingerprint density at radius 1 is 0.276 bits per heavy atom. The molecule has 0 aromatic heterocycles. The molecule has 6 nitrogen and oxygen atoms in total. The van der Waals surface area contributed by atoms with Crippen molar-refractivity contribution in [3.63, 3.8) is 0 Å². The molecule has 0 amide bonds. The van der Waals surface area contributed by atoms with Crippen LogP contribution in [0.3, 0.4) is 0 Å². The number of esters is 3. The predicted molar refractivity (Wildman–Crippen MR) is 330 cm³/mol. The molecule has 0 heterocycles. The normalized spacial score (nSPS) is 12.6. The lowest BCUT2D eigenvalue weighted by Gasteiger charge is -2.18. The second kappa shape index (κ2) is 64.1. The Bertz CT molecular complexity index is 1450. The molecule has 76 heavy (non-hydrogen) atoms. The molecule has 0 N–H and O–H groups in total. The van der Waals surface area contributed by atoms with Gasteiger partial charge in [-0.15, -0.1) is 0 Å².